The van der Waals surface area contributed by atoms with Crippen molar-refractivity contribution in [2.75, 3.05) is 13.7 Å². The number of ether oxygens (including phenoxy) is 1. The number of urea groups is 1. The van der Waals surface area contributed by atoms with Crippen LogP contribution in [0.3, 0.4) is 0 Å². The van der Waals surface area contributed by atoms with Gasteiger partial charge in [0.25, 0.3) is 0 Å². The van der Waals surface area contributed by atoms with Gasteiger partial charge in [0.2, 0.25) is 0 Å². The zero-order valence-electron chi connectivity index (χ0n) is 12.1. The quantitative estimate of drug-likeness (QED) is 0.781. The van der Waals surface area contributed by atoms with Gasteiger partial charge in [-0.15, -0.1) is 0 Å². The summed E-state index contributed by atoms with van der Waals surface area (Å²) < 4.78 is 5.24. The van der Waals surface area contributed by atoms with Gasteiger partial charge >= 0.3 is 6.03 Å². The Labute approximate surface area is 129 Å². The molecule has 0 heterocycles. The highest BCUT2D eigenvalue weighted by molar-refractivity contribution is 6.30. The van der Waals surface area contributed by atoms with Crippen molar-refractivity contribution in [3.05, 3.63) is 28.8 Å². The maximum Gasteiger partial charge on any atom is 0.315 e. The van der Waals surface area contributed by atoms with Crippen LogP contribution in [-0.2, 0) is 6.54 Å². The van der Waals surface area contributed by atoms with Crippen LogP contribution in [0.1, 0.15) is 24.8 Å². The zero-order chi connectivity index (χ0) is 15.2. The molecule has 2 atom stereocenters. The van der Waals surface area contributed by atoms with Crippen molar-refractivity contribution in [2.45, 2.75) is 31.8 Å². The van der Waals surface area contributed by atoms with Gasteiger partial charge in [0.05, 0.1) is 7.11 Å². The van der Waals surface area contributed by atoms with Crippen LogP contribution in [0.15, 0.2) is 18.2 Å². The van der Waals surface area contributed by atoms with E-state index in [9.17, 15) is 9.90 Å². The van der Waals surface area contributed by atoms with E-state index in [0.717, 1.165) is 24.8 Å². The maximum absolute atomic E-state index is 11.9. The Morgan fingerprint density at radius 3 is 3.00 bits per heavy atom. The van der Waals surface area contributed by atoms with E-state index in [0.29, 0.717) is 17.3 Å². The Balaban J connectivity index is 1.88. The first-order valence-corrected chi connectivity index (χ1v) is 7.49. The number of rotatable bonds is 5. The molecule has 2 unspecified atom stereocenters. The van der Waals surface area contributed by atoms with E-state index in [2.05, 4.69) is 10.6 Å². The van der Waals surface area contributed by atoms with Crippen molar-refractivity contribution in [1.82, 2.24) is 10.6 Å². The number of aliphatic hydroxyl groups is 1. The largest absolute Gasteiger partial charge is 0.496 e. The Morgan fingerprint density at radius 1 is 1.48 bits per heavy atom. The molecule has 1 aromatic carbocycles. The van der Waals surface area contributed by atoms with E-state index < -0.39 is 0 Å². The lowest BCUT2D eigenvalue weighted by atomic mass is 10.1. The van der Waals surface area contributed by atoms with Gasteiger partial charge in [0.1, 0.15) is 5.75 Å². The number of hydrogen-bond acceptors (Lipinski definition) is 3. The predicted molar refractivity (Wildman–Crippen MR) is 81.6 cm³/mol. The van der Waals surface area contributed by atoms with E-state index in [-0.39, 0.29) is 24.6 Å². The monoisotopic (exact) mass is 312 g/mol. The molecule has 1 saturated carbocycles. The van der Waals surface area contributed by atoms with Crippen LogP contribution < -0.4 is 15.4 Å². The SMILES string of the molecule is COc1ccc(Cl)cc1CNC(=O)NC1CCCC1CO. The molecule has 1 aliphatic rings. The molecular formula is C15H21ClN2O3. The second-order valence-electron chi connectivity index (χ2n) is 5.26. The molecule has 5 nitrogen and oxygen atoms in total. The molecule has 6 heteroatoms. The van der Waals surface area contributed by atoms with Crippen LogP contribution in [0.5, 0.6) is 5.75 Å². The van der Waals surface area contributed by atoms with Crippen molar-refractivity contribution in [3.8, 4) is 5.75 Å². The summed E-state index contributed by atoms with van der Waals surface area (Å²) in [6.07, 6.45) is 2.92. The molecule has 2 rings (SSSR count). The average Bonchev–Trinajstić information content (AvgIpc) is 2.92. The highest BCUT2D eigenvalue weighted by atomic mass is 35.5. The first-order chi connectivity index (χ1) is 10.1. The number of aliphatic hydroxyl groups excluding tert-OH is 1. The molecule has 1 aromatic rings. The Bertz CT molecular complexity index is 496. The van der Waals surface area contributed by atoms with Gasteiger partial charge in [0, 0.05) is 35.7 Å². The number of amides is 2. The normalized spacial score (nSPS) is 21.1. The van der Waals surface area contributed by atoms with Crippen LogP contribution in [0.4, 0.5) is 4.79 Å². The third kappa shape index (κ3) is 4.25. The number of methoxy groups -OCH3 is 1. The minimum atomic E-state index is -0.234. The molecule has 3 N–H and O–H groups in total. The average molecular weight is 313 g/mol. The van der Waals surface area contributed by atoms with Gasteiger partial charge in [-0.2, -0.15) is 0 Å². The second-order valence-corrected chi connectivity index (χ2v) is 5.70. The van der Waals surface area contributed by atoms with Gasteiger partial charge < -0.3 is 20.5 Å². The predicted octanol–water partition coefficient (Wildman–Crippen LogP) is 2.31. The third-order valence-corrected chi connectivity index (χ3v) is 4.13. The lowest BCUT2D eigenvalue weighted by Gasteiger charge is -2.19. The van der Waals surface area contributed by atoms with E-state index in [1.807, 2.05) is 0 Å². The highest BCUT2D eigenvalue weighted by Gasteiger charge is 2.27. The van der Waals surface area contributed by atoms with Gasteiger partial charge in [-0.1, -0.05) is 18.0 Å². The van der Waals surface area contributed by atoms with E-state index >= 15 is 0 Å². The molecule has 0 bridgehead atoms. The third-order valence-electron chi connectivity index (χ3n) is 3.89. The van der Waals surface area contributed by atoms with Crippen molar-refractivity contribution in [1.29, 1.82) is 0 Å². The van der Waals surface area contributed by atoms with Crippen molar-refractivity contribution < 1.29 is 14.6 Å². The van der Waals surface area contributed by atoms with Crippen molar-refractivity contribution >= 4 is 17.6 Å². The standard InChI is InChI=1S/C15H21ClN2O3/c1-21-14-6-5-12(16)7-11(14)8-17-15(20)18-13-4-2-3-10(13)9-19/h5-7,10,13,19H,2-4,8-9H2,1H3,(H2,17,18,20). The van der Waals surface area contributed by atoms with Crippen molar-refractivity contribution in [3.63, 3.8) is 0 Å². The van der Waals surface area contributed by atoms with Crippen LogP contribution in [0.25, 0.3) is 0 Å². The van der Waals surface area contributed by atoms with Gasteiger partial charge in [-0.25, -0.2) is 4.79 Å². The van der Waals surface area contributed by atoms with E-state index in [1.54, 1.807) is 25.3 Å². The fraction of sp³-hybridized carbons (Fsp3) is 0.533. The molecule has 0 saturated heterocycles. The summed E-state index contributed by atoms with van der Waals surface area (Å²) in [5, 5.41) is 15.6. The van der Waals surface area contributed by atoms with Crippen LogP contribution in [0, 0.1) is 5.92 Å². The maximum atomic E-state index is 11.9. The lowest BCUT2D eigenvalue weighted by Crippen LogP contribution is -2.44. The summed E-state index contributed by atoms with van der Waals surface area (Å²) in [7, 11) is 1.58. The topological polar surface area (TPSA) is 70.6 Å². The summed E-state index contributed by atoms with van der Waals surface area (Å²) >= 11 is 5.95. The Morgan fingerprint density at radius 2 is 2.29 bits per heavy atom. The molecule has 0 spiro atoms. The Hall–Kier alpha value is -1.46. The molecule has 0 aromatic heterocycles. The molecule has 21 heavy (non-hydrogen) atoms. The second kappa shape index (κ2) is 7.52. The summed E-state index contributed by atoms with van der Waals surface area (Å²) in [4.78, 5) is 11.9. The molecule has 2 amide bonds. The van der Waals surface area contributed by atoms with Gasteiger partial charge in [0.15, 0.2) is 0 Å². The van der Waals surface area contributed by atoms with E-state index in [4.69, 9.17) is 16.3 Å². The fourth-order valence-corrected chi connectivity index (χ4v) is 2.92. The smallest absolute Gasteiger partial charge is 0.315 e. The fourth-order valence-electron chi connectivity index (χ4n) is 2.73. The lowest BCUT2D eigenvalue weighted by molar-refractivity contribution is 0.199. The minimum Gasteiger partial charge on any atom is -0.496 e. The minimum absolute atomic E-state index is 0.0521. The molecular weight excluding hydrogens is 292 g/mol. The molecule has 1 aliphatic carbocycles. The van der Waals surface area contributed by atoms with Crippen LogP contribution >= 0.6 is 11.6 Å². The summed E-state index contributed by atoms with van der Waals surface area (Å²) in [5.74, 6) is 0.852. The number of carbonyl (C=O) groups is 1. The number of nitrogens with one attached hydrogen (secondary N) is 2. The number of hydrogen-bond donors (Lipinski definition) is 3. The summed E-state index contributed by atoms with van der Waals surface area (Å²) in [5.41, 5.74) is 0.824. The molecule has 1 fully saturated rings. The van der Waals surface area contributed by atoms with Crippen LogP contribution in [0.2, 0.25) is 5.02 Å². The Kier molecular flexibility index (Phi) is 5.70. The van der Waals surface area contributed by atoms with Crippen molar-refractivity contribution in [2.24, 2.45) is 5.92 Å². The van der Waals surface area contributed by atoms with E-state index in [1.165, 1.54) is 0 Å². The molecule has 116 valence electrons. The summed E-state index contributed by atoms with van der Waals surface area (Å²) in [6, 6.07) is 5.11. The first kappa shape index (κ1) is 15.9. The summed E-state index contributed by atoms with van der Waals surface area (Å²) in [6.45, 7) is 0.457. The molecule has 0 aliphatic heterocycles. The number of benzene rings is 1. The van der Waals surface area contributed by atoms with Gasteiger partial charge in [-0.3, -0.25) is 0 Å². The first-order valence-electron chi connectivity index (χ1n) is 7.11. The van der Waals surface area contributed by atoms with Crippen LogP contribution in [-0.4, -0.2) is 30.9 Å². The number of carbonyl (C=O) groups excluding carboxylic acids is 1. The number of halogens is 1. The zero-order valence-corrected chi connectivity index (χ0v) is 12.8. The molecule has 0 radical (unpaired) electrons. The van der Waals surface area contributed by atoms with Gasteiger partial charge in [-0.05, 0) is 31.0 Å². The highest BCUT2D eigenvalue weighted by Crippen LogP contribution is 2.25.